The Morgan fingerprint density at radius 1 is 1.54 bits per heavy atom. The quantitative estimate of drug-likeness (QED) is 0.619. The Bertz CT molecular complexity index is 223. The Balaban J connectivity index is 2.65. The van der Waals surface area contributed by atoms with E-state index in [1.807, 2.05) is 0 Å². The maximum atomic E-state index is 11.4. The minimum absolute atomic E-state index is 0.0961. The van der Waals surface area contributed by atoms with Crippen molar-refractivity contribution in [3.05, 3.63) is 0 Å². The molecule has 0 spiro atoms. The van der Waals surface area contributed by atoms with Gasteiger partial charge < -0.3 is 14.8 Å². The molecule has 0 fully saturated rings. The van der Waals surface area contributed by atoms with E-state index in [0.29, 0.717) is 12.4 Å². The highest BCUT2D eigenvalue weighted by Crippen LogP contribution is 2.12. The Morgan fingerprint density at radius 3 is 2.62 bits per heavy atom. The zero-order chi connectivity index (χ0) is 9.84. The Hall–Kier alpha value is -0.940. The molecule has 74 valence electrons. The SMILES string of the molecule is COC(OC)C1CN=C(C)NC1=O. The fraction of sp³-hybridized carbons (Fsp3) is 0.750. The standard InChI is InChI=1S/C8H14N2O3/c1-5-9-4-6(7(11)10-5)8(12-2)13-3/h6,8H,4H2,1-3H3,(H,9,10,11). The molecule has 1 atom stereocenters. The third-order valence-electron chi connectivity index (χ3n) is 1.96. The number of ether oxygens (including phenoxy) is 2. The largest absolute Gasteiger partial charge is 0.355 e. The Kier molecular flexibility index (Phi) is 3.39. The van der Waals surface area contributed by atoms with Crippen LogP contribution in [0, 0.1) is 5.92 Å². The first-order valence-corrected chi connectivity index (χ1v) is 4.06. The van der Waals surface area contributed by atoms with Gasteiger partial charge in [0.05, 0.1) is 12.4 Å². The smallest absolute Gasteiger partial charge is 0.235 e. The summed E-state index contributed by atoms with van der Waals surface area (Å²) in [5, 5.41) is 2.63. The summed E-state index contributed by atoms with van der Waals surface area (Å²) in [7, 11) is 3.01. The van der Waals surface area contributed by atoms with Crippen molar-refractivity contribution in [1.29, 1.82) is 0 Å². The summed E-state index contributed by atoms with van der Waals surface area (Å²) in [6.45, 7) is 2.17. The van der Waals surface area contributed by atoms with Crippen molar-refractivity contribution >= 4 is 11.7 Å². The van der Waals surface area contributed by atoms with Crippen molar-refractivity contribution in [1.82, 2.24) is 5.32 Å². The molecule has 0 saturated heterocycles. The molecule has 13 heavy (non-hydrogen) atoms. The van der Waals surface area contributed by atoms with Crippen LogP contribution in [-0.4, -0.2) is 38.8 Å². The number of nitrogens with one attached hydrogen (secondary N) is 1. The molecule has 1 unspecified atom stereocenters. The van der Waals surface area contributed by atoms with Gasteiger partial charge in [-0.1, -0.05) is 0 Å². The summed E-state index contributed by atoms with van der Waals surface area (Å²) in [6, 6.07) is 0. The Morgan fingerprint density at radius 2 is 2.15 bits per heavy atom. The molecule has 1 rings (SSSR count). The first-order chi connectivity index (χ1) is 6.19. The molecule has 0 aromatic carbocycles. The molecular weight excluding hydrogens is 172 g/mol. The van der Waals surface area contributed by atoms with Gasteiger partial charge in [-0.2, -0.15) is 0 Å². The zero-order valence-electron chi connectivity index (χ0n) is 8.03. The topological polar surface area (TPSA) is 59.9 Å². The number of nitrogens with zero attached hydrogens (tertiary/aromatic N) is 1. The van der Waals surface area contributed by atoms with Gasteiger partial charge in [0.1, 0.15) is 5.92 Å². The van der Waals surface area contributed by atoms with Crippen molar-refractivity contribution in [2.24, 2.45) is 10.9 Å². The lowest BCUT2D eigenvalue weighted by Crippen LogP contribution is -2.46. The van der Waals surface area contributed by atoms with Gasteiger partial charge in [0, 0.05) is 14.2 Å². The highest BCUT2D eigenvalue weighted by atomic mass is 16.7. The highest BCUT2D eigenvalue weighted by Gasteiger charge is 2.30. The third-order valence-corrected chi connectivity index (χ3v) is 1.96. The van der Waals surface area contributed by atoms with Gasteiger partial charge in [0.2, 0.25) is 5.91 Å². The predicted octanol–water partition coefficient (Wildman–Crippen LogP) is -0.230. The molecule has 1 aliphatic rings. The van der Waals surface area contributed by atoms with E-state index in [9.17, 15) is 4.79 Å². The van der Waals surface area contributed by atoms with Gasteiger partial charge >= 0.3 is 0 Å². The number of methoxy groups -OCH3 is 2. The fourth-order valence-electron chi connectivity index (χ4n) is 1.26. The summed E-state index contributed by atoms with van der Waals surface area (Å²) in [6.07, 6.45) is -0.517. The van der Waals surface area contributed by atoms with Crippen LogP contribution in [0.5, 0.6) is 0 Å². The summed E-state index contributed by atoms with van der Waals surface area (Å²) >= 11 is 0. The molecule has 1 N–H and O–H groups in total. The molecule has 1 heterocycles. The number of rotatable bonds is 3. The molecule has 0 bridgehead atoms. The molecule has 0 aromatic rings. The van der Waals surface area contributed by atoms with Gasteiger partial charge in [-0.25, -0.2) is 0 Å². The summed E-state index contributed by atoms with van der Waals surface area (Å²) in [4.78, 5) is 15.5. The van der Waals surface area contributed by atoms with E-state index in [1.54, 1.807) is 6.92 Å². The van der Waals surface area contributed by atoms with Crippen molar-refractivity contribution in [2.75, 3.05) is 20.8 Å². The first kappa shape index (κ1) is 10.1. The second-order valence-electron chi connectivity index (χ2n) is 2.86. The molecule has 5 heteroatoms. The van der Waals surface area contributed by atoms with E-state index in [1.165, 1.54) is 14.2 Å². The minimum atomic E-state index is -0.517. The number of carbonyl (C=O) groups excluding carboxylic acids is 1. The second kappa shape index (κ2) is 4.34. The lowest BCUT2D eigenvalue weighted by atomic mass is 10.1. The van der Waals surface area contributed by atoms with E-state index in [4.69, 9.17) is 9.47 Å². The molecular formula is C8H14N2O3. The van der Waals surface area contributed by atoms with E-state index in [2.05, 4.69) is 10.3 Å². The number of amidine groups is 1. The maximum Gasteiger partial charge on any atom is 0.235 e. The average Bonchev–Trinajstić information content (AvgIpc) is 2.10. The third kappa shape index (κ3) is 2.26. The minimum Gasteiger partial charge on any atom is -0.355 e. The number of carbonyl (C=O) groups is 1. The van der Waals surface area contributed by atoms with E-state index < -0.39 is 6.29 Å². The van der Waals surface area contributed by atoms with E-state index in [-0.39, 0.29) is 11.8 Å². The lowest BCUT2D eigenvalue weighted by Gasteiger charge is -2.25. The second-order valence-corrected chi connectivity index (χ2v) is 2.86. The molecule has 0 aliphatic carbocycles. The maximum absolute atomic E-state index is 11.4. The van der Waals surface area contributed by atoms with Gasteiger partial charge in [-0.15, -0.1) is 0 Å². The van der Waals surface area contributed by atoms with Crippen LogP contribution in [0.25, 0.3) is 0 Å². The van der Waals surface area contributed by atoms with Gasteiger partial charge in [-0.3, -0.25) is 9.79 Å². The molecule has 5 nitrogen and oxygen atoms in total. The molecule has 0 radical (unpaired) electrons. The molecule has 0 saturated carbocycles. The number of hydrogen-bond donors (Lipinski definition) is 1. The summed E-state index contributed by atoms with van der Waals surface area (Å²) < 4.78 is 9.98. The first-order valence-electron chi connectivity index (χ1n) is 4.06. The Labute approximate surface area is 77.1 Å². The van der Waals surface area contributed by atoms with Gasteiger partial charge in [0.15, 0.2) is 6.29 Å². The lowest BCUT2D eigenvalue weighted by molar-refractivity contribution is -0.156. The fourth-order valence-corrected chi connectivity index (χ4v) is 1.26. The van der Waals surface area contributed by atoms with Crippen LogP contribution < -0.4 is 5.32 Å². The van der Waals surface area contributed by atoms with E-state index >= 15 is 0 Å². The number of hydrogen-bond acceptors (Lipinski definition) is 4. The van der Waals surface area contributed by atoms with Gasteiger partial charge in [-0.05, 0) is 6.92 Å². The zero-order valence-corrected chi connectivity index (χ0v) is 8.03. The van der Waals surface area contributed by atoms with E-state index in [0.717, 1.165) is 0 Å². The monoisotopic (exact) mass is 186 g/mol. The van der Waals surface area contributed by atoms with Crippen LogP contribution in [0.1, 0.15) is 6.92 Å². The molecule has 0 aromatic heterocycles. The van der Waals surface area contributed by atoms with Crippen LogP contribution in [0.4, 0.5) is 0 Å². The number of amides is 1. The van der Waals surface area contributed by atoms with Crippen LogP contribution in [0.15, 0.2) is 4.99 Å². The van der Waals surface area contributed by atoms with Crippen molar-refractivity contribution in [3.8, 4) is 0 Å². The number of aliphatic imine (C=N–C) groups is 1. The predicted molar refractivity (Wildman–Crippen MR) is 47.4 cm³/mol. The van der Waals surface area contributed by atoms with Crippen molar-refractivity contribution < 1.29 is 14.3 Å². The van der Waals surface area contributed by atoms with Crippen LogP contribution >= 0.6 is 0 Å². The van der Waals surface area contributed by atoms with Crippen LogP contribution in [0.3, 0.4) is 0 Å². The summed E-state index contributed by atoms with van der Waals surface area (Å²) in [5.74, 6) is 0.201. The van der Waals surface area contributed by atoms with Crippen LogP contribution in [0.2, 0.25) is 0 Å². The summed E-state index contributed by atoms with van der Waals surface area (Å²) in [5.41, 5.74) is 0. The van der Waals surface area contributed by atoms with Crippen molar-refractivity contribution in [3.63, 3.8) is 0 Å². The van der Waals surface area contributed by atoms with Crippen molar-refractivity contribution in [2.45, 2.75) is 13.2 Å². The molecule has 1 amide bonds. The highest BCUT2D eigenvalue weighted by molar-refractivity contribution is 5.99. The normalized spacial score (nSPS) is 22.9. The van der Waals surface area contributed by atoms with Gasteiger partial charge in [0.25, 0.3) is 0 Å². The average molecular weight is 186 g/mol. The molecule has 1 aliphatic heterocycles. The van der Waals surface area contributed by atoms with Crippen LogP contribution in [-0.2, 0) is 14.3 Å².